The maximum Gasteiger partial charge on any atom is 0.145 e. The third-order valence-corrected chi connectivity index (χ3v) is 3.10. The van der Waals surface area contributed by atoms with Crippen molar-refractivity contribution in [3.8, 4) is 0 Å². The molecule has 0 aliphatic heterocycles. The molecule has 0 amide bonds. The highest BCUT2D eigenvalue weighted by molar-refractivity contribution is 9.10. The van der Waals surface area contributed by atoms with Gasteiger partial charge in [-0.25, -0.2) is 9.97 Å². The molecule has 5 heteroatoms. The molecule has 0 unspecified atom stereocenters. The third kappa shape index (κ3) is 4.35. The maximum absolute atomic E-state index is 5.65. The van der Waals surface area contributed by atoms with Crippen LogP contribution in [0.1, 0.15) is 33.1 Å². The number of anilines is 2. The molecule has 0 spiro atoms. The van der Waals surface area contributed by atoms with E-state index in [-0.39, 0.29) is 0 Å². The number of rotatable bonds is 6. The molecular formula is C11H19BrN4. The van der Waals surface area contributed by atoms with Crippen molar-refractivity contribution in [3.05, 3.63) is 10.8 Å². The Morgan fingerprint density at radius 1 is 1.38 bits per heavy atom. The van der Waals surface area contributed by atoms with Crippen molar-refractivity contribution in [3.63, 3.8) is 0 Å². The Labute approximate surface area is 105 Å². The van der Waals surface area contributed by atoms with E-state index in [0.717, 1.165) is 29.2 Å². The van der Waals surface area contributed by atoms with Gasteiger partial charge in [-0.1, -0.05) is 26.7 Å². The number of nitrogens with zero attached hydrogens (tertiary/aromatic N) is 2. The quantitative estimate of drug-likeness (QED) is 0.789. The highest BCUT2D eigenvalue weighted by Gasteiger charge is 2.04. The summed E-state index contributed by atoms with van der Waals surface area (Å²) in [5.41, 5.74) is 5.65. The number of unbranched alkanes of at least 4 members (excludes halogenated alkanes) is 1. The lowest BCUT2D eigenvalue weighted by Crippen LogP contribution is -2.06. The summed E-state index contributed by atoms with van der Waals surface area (Å²) < 4.78 is 0.749. The van der Waals surface area contributed by atoms with Gasteiger partial charge in [-0.3, -0.25) is 0 Å². The van der Waals surface area contributed by atoms with Crippen LogP contribution in [0.5, 0.6) is 0 Å². The van der Waals surface area contributed by atoms with E-state index in [9.17, 15) is 0 Å². The summed E-state index contributed by atoms with van der Waals surface area (Å²) >= 11 is 3.36. The fourth-order valence-corrected chi connectivity index (χ4v) is 1.74. The first kappa shape index (κ1) is 13.2. The van der Waals surface area contributed by atoms with Crippen LogP contribution < -0.4 is 11.1 Å². The average molecular weight is 287 g/mol. The Bertz CT molecular complexity index is 328. The topological polar surface area (TPSA) is 63.8 Å². The monoisotopic (exact) mass is 286 g/mol. The van der Waals surface area contributed by atoms with Crippen molar-refractivity contribution < 1.29 is 0 Å². The molecule has 0 atom stereocenters. The largest absolute Gasteiger partial charge is 0.383 e. The van der Waals surface area contributed by atoms with Gasteiger partial charge in [0.25, 0.3) is 0 Å². The van der Waals surface area contributed by atoms with Gasteiger partial charge in [-0.05, 0) is 28.3 Å². The van der Waals surface area contributed by atoms with Crippen LogP contribution in [0.2, 0.25) is 0 Å². The molecule has 0 aliphatic carbocycles. The minimum absolute atomic E-state index is 0.472. The van der Waals surface area contributed by atoms with Crippen LogP contribution in [0.25, 0.3) is 0 Å². The molecule has 0 saturated heterocycles. The Balaban J connectivity index is 2.29. The van der Waals surface area contributed by atoms with Crippen molar-refractivity contribution in [1.82, 2.24) is 9.97 Å². The summed E-state index contributed by atoms with van der Waals surface area (Å²) in [5, 5.41) is 3.25. The number of nitrogen functional groups attached to an aromatic ring is 1. The van der Waals surface area contributed by atoms with Crippen molar-refractivity contribution in [2.45, 2.75) is 33.1 Å². The van der Waals surface area contributed by atoms with Gasteiger partial charge in [0.1, 0.15) is 22.4 Å². The molecule has 90 valence electrons. The summed E-state index contributed by atoms with van der Waals surface area (Å²) in [7, 11) is 0. The number of nitrogens with two attached hydrogens (primary N) is 1. The molecule has 0 aromatic carbocycles. The van der Waals surface area contributed by atoms with E-state index in [2.05, 4.69) is 45.1 Å². The zero-order valence-electron chi connectivity index (χ0n) is 9.83. The predicted molar refractivity (Wildman–Crippen MR) is 71.3 cm³/mol. The first-order valence-corrected chi connectivity index (χ1v) is 6.40. The van der Waals surface area contributed by atoms with Crippen LogP contribution in [-0.4, -0.2) is 16.5 Å². The smallest absolute Gasteiger partial charge is 0.145 e. The van der Waals surface area contributed by atoms with Crippen LogP contribution in [0, 0.1) is 5.92 Å². The lowest BCUT2D eigenvalue weighted by Gasteiger charge is -2.08. The number of halogens is 1. The second kappa shape index (κ2) is 6.68. The Morgan fingerprint density at radius 3 is 2.81 bits per heavy atom. The van der Waals surface area contributed by atoms with Crippen LogP contribution in [0.15, 0.2) is 10.8 Å². The molecule has 0 bridgehead atoms. The van der Waals surface area contributed by atoms with E-state index in [1.807, 2.05) is 0 Å². The van der Waals surface area contributed by atoms with E-state index in [0.29, 0.717) is 5.82 Å². The number of hydrogen-bond donors (Lipinski definition) is 2. The van der Waals surface area contributed by atoms with Crippen molar-refractivity contribution in [2.24, 2.45) is 5.92 Å². The second-order valence-corrected chi connectivity index (χ2v) is 5.03. The lowest BCUT2D eigenvalue weighted by molar-refractivity contribution is 0.544. The Morgan fingerprint density at radius 2 is 2.12 bits per heavy atom. The lowest BCUT2D eigenvalue weighted by atomic mass is 10.1. The van der Waals surface area contributed by atoms with Gasteiger partial charge in [0, 0.05) is 6.54 Å². The van der Waals surface area contributed by atoms with Gasteiger partial charge in [-0.2, -0.15) is 0 Å². The Kier molecular flexibility index (Phi) is 5.52. The van der Waals surface area contributed by atoms with E-state index in [1.54, 1.807) is 0 Å². The van der Waals surface area contributed by atoms with E-state index < -0.39 is 0 Å². The summed E-state index contributed by atoms with van der Waals surface area (Å²) in [5.74, 6) is 2.03. The zero-order valence-corrected chi connectivity index (χ0v) is 11.4. The minimum atomic E-state index is 0.472. The summed E-state index contributed by atoms with van der Waals surface area (Å²) in [6.45, 7) is 5.41. The molecule has 0 fully saturated rings. The molecule has 0 radical (unpaired) electrons. The van der Waals surface area contributed by atoms with E-state index in [1.165, 1.54) is 19.2 Å². The fraction of sp³-hybridized carbons (Fsp3) is 0.636. The van der Waals surface area contributed by atoms with Gasteiger partial charge in [0.05, 0.1) is 0 Å². The second-order valence-electron chi connectivity index (χ2n) is 4.24. The zero-order chi connectivity index (χ0) is 12.0. The predicted octanol–water partition coefficient (Wildman–Crippen LogP) is 3.06. The number of aromatic nitrogens is 2. The van der Waals surface area contributed by atoms with Crippen molar-refractivity contribution in [1.29, 1.82) is 0 Å². The van der Waals surface area contributed by atoms with Crippen LogP contribution >= 0.6 is 15.9 Å². The minimum Gasteiger partial charge on any atom is -0.383 e. The van der Waals surface area contributed by atoms with Gasteiger partial charge in [0.15, 0.2) is 0 Å². The van der Waals surface area contributed by atoms with Crippen LogP contribution in [0.4, 0.5) is 11.6 Å². The van der Waals surface area contributed by atoms with Crippen LogP contribution in [0.3, 0.4) is 0 Å². The highest BCUT2D eigenvalue weighted by Crippen LogP contribution is 2.23. The first-order chi connectivity index (χ1) is 7.61. The molecular weight excluding hydrogens is 268 g/mol. The molecule has 1 aromatic heterocycles. The molecule has 16 heavy (non-hydrogen) atoms. The first-order valence-electron chi connectivity index (χ1n) is 5.61. The summed E-state index contributed by atoms with van der Waals surface area (Å²) in [4.78, 5) is 8.01. The third-order valence-electron chi connectivity index (χ3n) is 2.32. The molecule has 3 N–H and O–H groups in total. The van der Waals surface area contributed by atoms with Gasteiger partial charge in [-0.15, -0.1) is 0 Å². The van der Waals surface area contributed by atoms with Crippen molar-refractivity contribution in [2.75, 3.05) is 17.6 Å². The molecule has 1 aromatic rings. The fourth-order valence-electron chi connectivity index (χ4n) is 1.39. The molecule has 0 aliphatic rings. The highest BCUT2D eigenvalue weighted by atomic mass is 79.9. The Hall–Kier alpha value is -0.840. The summed E-state index contributed by atoms with van der Waals surface area (Å²) in [6.07, 6.45) is 5.13. The average Bonchev–Trinajstić information content (AvgIpc) is 2.23. The van der Waals surface area contributed by atoms with Crippen molar-refractivity contribution >= 4 is 27.6 Å². The molecule has 1 heterocycles. The summed E-state index contributed by atoms with van der Waals surface area (Å²) in [6, 6.07) is 0. The normalized spacial score (nSPS) is 10.8. The standard InChI is InChI=1S/C11H19BrN4/c1-8(2)5-3-4-6-14-11-9(12)10(13)15-7-16-11/h7-8H,3-6H2,1-2H3,(H3,13,14,15,16). The molecule has 4 nitrogen and oxygen atoms in total. The SMILES string of the molecule is CC(C)CCCCNc1ncnc(N)c1Br. The number of hydrogen-bond acceptors (Lipinski definition) is 4. The van der Waals surface area contributed by atoms with Crippen LogP contribution in [-0.2, 0) is 0 Å². The van der Waals surface area contributed by atoms with Gasteiger partial charge >= 0.3 is 0 Å². The van der Waals surface area contributed by atoms with E-state index >= 15 is 0 Å². The van der Waals surface area contributed by atoms with E-state index in [4.69, 9.17) is 5.73 Å². The molecule has 0 saturated carbocycles. The van der Waals surface area contributed by atoms with Gasteiger partial charge in [0.2, 0.25) is 0 Å². The molecule has 1 rings (SSSR count). The van der Waals surface area contributed by atoms with Gasteiger partial charge < -0.3 is 11.1 Å². The maximum atomic E-state index is 5.65. The number of nitrogens with one attached hydrogen (secondary N) is 1.